The van der Waals surface area contributed by atoms with Crippen molar-refractivity contribution in [1.29, 1.82) is 0 Å². The van der Waals surface area contributed by atoms with Gasteiger partial charge in [0.15, 0.2) is 5.78 Å². The van der Waals surface area contributed by atoms with Gasteiger partial charge in [-0.2, -0.15) is 0 Å². The topological polar surface area (TPSA) is 47.9 Å². The number of ether oxygens (including phenoxy) is 1. The van der Waals surface area contributed by atoms with Gasteiger partial charge in [-0.15, -0.1) is 0 Å². The molecule has 4 nitrogen and oxygen atoms in total. The molecule has 0 aromatic heterocycles. The minimum atomic E-state index is -0.0566. The van der Waals surface area contributed by atoms with Crippen molar-refractivity contribution in [2.45, 2.75) is 6.92 Å². The molecule has 0 saturated carbocycles. The fourth-order valence-electron chi connectivity index (χ4n) is 2.08. The van der Waals surface area contributed by atoms with Crippen LogP contribution in [0.3, 0.4) is 0 Å². The quantitative estimate of drug-likeness (QED) is 0.480. The summed E-state index contributed by atoms with van der Waals surface area (Å²) in [7, 11) is 3.06. The van der Waals surface area contributed by atoms with Gasteiger partial charge in [-0.3, -0.25) is 4.79 Å². The van der Waals surface area contributed by atoms with Crippen molar-refractivity contribution in [2.75, 3.05) is 14.2 Å². The van der Waals surface area contributed by atoms with Crippen LogP contribution in [-0.2, 0) is 4.84 Å². The molecule has 21 heavy (non-hydrogen) atoms. The van der Waals surface area contributed by atoms with Crippen LogP contribution in [0.1, 0.15) is 28.4 Å². The molecule has 0 atom stereocenters. The lowest BCUT2D eigenvalue weighted by atomic mass is 9.96. The van der Waals surface area contributed by atoms with Crippen LogP contribution in [0, 0.1) is 0 Å². The summed E-state index contributed by atoms with van der Waals surface area (Å²) in [6, 6.07) is 14.4. The lowest BCUT2D eigenvalue weighted by Gasteiger charge is -2.10. The summed E-state index contributed by atoms with van der Waals surface area (Å²) in [4.78, 5) is 17.4. The van der Waals surface area contributed by atoms with Crippen molar-refractivity contribution in [3.63, 3.8) is 0 Å². The SMILES string of the molecule is CO/N=C(\C)c1cc(OC)ccc1C(=O)c1ccccc1. The number of methoxy groups -OCH3 is 1. The molecule has 0 radical (unpaired) electrons. The first kappa shape index (κ1) is 14.8. The Balaban J connectivity index is 2.53. The lowest BCUT2D eigenvalue weighted by Crippen LogP contribution is -2.09. The van der Waals surface area contributed by atoms with Crippen molar-refractivity contribution < 1.29 is 14.4 Å². The first-order chi connectivity index (χ1) is 10.2. The molecule has 2 aromatic rings. The molecular formula is C17H17NO3. The number of rotatable bonds is 5. The normalized spacial score (nSPS) is 11.1. The number of oxime groups is 1. The average molecular weight is 283 g/mol. The van der Waals surface area contributed by atoms with Crippen molar-refractivity contribution in [3.8, 4) is 5.75 Å². The van der Waals surface area contributed by atoms with Gasteiger partial charge in [0.25, 0.3) is 0 Å². The van der Waals surface area contributed by atoms with Crippen LogP contribution in [0.25, 0.3) is 0 Å². The second kappa shape index (κ2) is 6.70. The molecule has 0 N–H and O–H groups in total. The van der Waals surface area contributed by atoms with Crippen LogP contribution in [0.5, 0.6) is 5.75 Å². The van der Waals surface area contributed by atoms with Crippen molar-refractivity contribution in [3.05, 3.63) is 65.2 Å². The van der Waals surface area contributed by atoms with Gasteiger partial charge in [-0.25, -0.2) is 0 Å². The zero-order valence-corrected chi connectivity index (χ0v) is 12.3. The standard InChI is InChI=1S/C17H17NO3/c1-12(18-21-3)16-11-14(20-2)9-10-15(16)17(19)13-7-5-4-6-8-13/h4-11H,1-3H3/b18-12+. The van der Waals surface area contributed by atoms with Crippen LogP contribution in [0.2, 0.25) is 0 Å². The Labute approximate surface area is 124 Å². The maximum Gasteiger partial charge on any atom is 0.193 e. The van der Waals surface area contributed by atoms with E-state index in [1.54, 1.807) is 44.4 Å². The van der Waals surface area contributed by atoms with Crippen molar-refractivity contribution in [2.24, 2.45) is 5.16 Å². The molecule has 0 unspecified atom stereocenters. The Morgan fingerprint density at radius 1 is 1.00 bits per heavy atom. The molecule has 108 valence electrons. The summed E-state index contributed by atoms with van der Waals surface area (Å²) in [5, 5.41) is 3.92. The maximum atomic E-state index is 12.6. The minimum Gasteiger partial charge on any atom is -0.497 e. The van der Waals surface area contributed by atoms with Crippen molar-refractivity contribution in [1.82, 2.24) is 0 Å². The van der Waals surface area contributed by atoms with Crippen LogP contribution >= 0.6 is 0 Å². The number of nitrogens with zero attached hydrogens (tertiary/aromatic N) is 1. The molecule has 2 rings (SSSR count). The van der Waals surface area contributed by atoms with Gasteiger partial charge in [-0.1, -0.05) is 35.5 Å². The molecule has 0 saturated heterocycles. The van der Waals surface area contributed by atoms with Gasteiger partial charge in [0.2, 0.25) is 0 Å². The van der Waals surface area contributed by atoms with Crippen molar-refractivity contribution >= 4 is 11.5 Å². The lowest BCUT2D eigenvalue weighted by molar-refractivity contribution is 0.103. The summed E-state index contributed by atoms with van der Waals surface area (Å²) in [5.41, 5.74) is 2.52. The molecular weight excluding hydrogens is 266 g/mol. The molecule has 0 aliphatic carbocycles. The maximum absolute atomic E-state index is 12.6. The smallest absolute Gasteiger partial charge is 0.193 e. The number of benzene rings is 2. The summed E-state index contributed by atoms with van der Waals surface area (Å²) in [5.74, 6) is 0.610. The zero-order valence-electron chi connectivity index (χ0n) is 12.3. The number of carbonyl (C=O) groups excluding carboxylic acids is 1. The molecule has 2 aromatic carbocycles. The molecule has 0 aliphatic heterocycles. The highest BCUT2D eigenvalue weighted by Gasteiger charge is 2.16. The number of hydrogen-bond acceptors (Lipinski definition) is 4. The van der Waals surface area contributed by atoms with Gasteiger partial charge >= 0.3 is 0 Å². The Morgan fingerprint density at radius 2 is 1.71 bits per heavy atom. The highest BCUT2D eigenvalue weighted by atomic mass is 16.6. The van der Waals surface area contributed by atoms with E-state index in [0.29, 0.717) is 28.2 Å². The van der Waals surface area contributed by atoms with E-state index < -0.39 is 0 Å². The summed E-state index contributed by atoms with van der Waals surface area (Å²) >= 11 is 0. The fourth-order valence-corrected chi connectivity index (χ4v) is 2.08. The monoisotopic (exact) mass is 283 g/mol. The Hall–Kier alpha value is -2.62. The Kier molecular flexibility index (Phi) is 4.72. The zero-order chi connectivity index (χ0) is 15.2. The second-order valence-electron chi connectivity index (χ2n) is 4.47. The van der Waals surface area contributed by atoms with E-state index in [4.69, 9.17) is 9.57 Å². The van der Waals surface area contributed by atoms with E-state index in [1.807, 2.05) is 18.2 Å². The van der Waals surface area contributed by atoms with Crippen LogP contribution in [0.4, 0.5) is 0 Å². The molecule has 0 heterocycles. The highest BCUT2D eigenvalue weighted by molar-refractivity contribution is 6.16. The van der Waals surface area contributed by atoms with Gasteiger partial charge in [-0.05, 0) is 25.1 Å². The number of carbonyl (C=O) groups is 1. The highest BCUT2D eigenvalue weighted by Crippen LogP contribution is 2.21. The van der Waals surface area contributed by atoms with Crippen LogP contribution in [0.15, 0.2) is 53.7 Å². The van der Waals surface area contributed by atoms with Gasteiger partial charge < -0.3 is 9.57 Å². The predicted octanol–water partition coefficient (Wildman–Crippen LogP) is 3.30. The Morgan fingerprint density at radius 3 is 2.33 bits per heavy atom. The summed E-state index contributed by atoms with van der Waals surface area (Å²) in [6.45, 7) is 1.79. The van der Waals surface area contributed by atoms with Gasteiger partial charge in [0.1, 0.15) is 12.9 Å². The second-order valence-corrected chi connectivity index (χ2v) is 4.47. The molecule has 0 aliphatic rings. The van der Waals surface area contributed by atoms with E-state index in [0.717, 1.165) is 0 Å². The van der Waals surface area contributed by atoms with Gasteiger partial charge in [0, 0.05) is 16.7 Å². The molecule has 4 heteroatoms. The third-order valence-electron chi connectivity index (χ3n) is 3.13. The molecule has 0 amide bonds. The number of hydrogen-bond donors (Lipinski definition) is 0. The first-order valence-corrected chi connectivity index (χ1v) is 6.53. The van der Waals surface area contributed by atoms with E-state index in [1.165, 1.54) is 7.11 Å². The van der Waals surface area contributed by atoms with E-state index in [2.05, 4.69) is 5.16 Å². The van der Waals surface area contributed by atoms with E-state index in [9.17, 15) is 4.79 Å². The third kappa shape index (κ3) is 3.28. The van der Waals surface area contributed by atoms with Gasteiger partial charge in [0.05, 0.1) is 12.8 Å². The fraction of sp³-hybridized carbons (Fsp3) is 0.176. The van der Waals surface area contributed by atoms with E-state index in [-0.39, 0.29) is 5.78 Å². The molecule has 0 bridgehead atoms. The van der Waals surface area contributed by atoms with Crippen LogP contribution in [-0.4, -0.2) is 25.7 Å². The predicted molar refractivity (Wildman–Crippen MR) is 82.1 cm³/mol. The molecule has 0 fully saturated rings. The average Bonchev–Trinajstić information content (AvgIpc) is 2.54. The third-order valence-corrected chi connectivity index (χ3v) is 3.13. The van der Waals surface area contributed by atoms with Crippen LogP contribution < -0.4 is 4.74 Å². The largest absolute Gasteiger partial charge is 0.497 e. The summed E-state index contributed by atoms with van der Waals surface area (Å²) in [6.07, 6.45) is 0. The molecule has 0 spiro atoms. The minimum absolute atomic E-state index is 0.0566. The number of ketones is 1. The Bertz CT molecular complexity index is 663. The summed E-state index contributed by atoms with van der Waals surface area (Å²) < 4.78 is 5.22. The first-order valence-electron chi connectivity index (χ1n) is 6.53. The van der Waals surface area contributed by atoms with E-state index >= 15 is 0 Å².